The van der Waals surface area contributed by atoms with Crippen molar-refractivity contribution < 1.29 is 14.3 Å². The Labute approximate surface area is 110 Å². The monoisotopic (exact) mass is 256 g/mol. The summed E-state index contributed by atoms with van der Waals surface area (Å²) in [6.45, 7) is 1.94. The number of carbonyl (C=O) groups is 2. The van der Waals surface area contributed by atoms with Crippen LogP contribution in [0.2, 0.25) is 0 Å². The van der Waals surface area contributed by atoms with E-state index in [1.54, 1.807) is 31.2 Å². The molecule has 5 nitrogen and oxygen atoms in total. The lowest BCUT2D eigenvalue weighted by atomic mass is 10.1. The number of hydrogen-bond donors (Lipinski definition) is 0. The van der Waals surface area contributed by atoms with E-state index in [1.165, 1.54) is 18.5 Å². The smallest absolute Gasteiger partial charge is 0.340 e. The number of ether oxygens (including phenoxy) is 1. The molecule has 2 rings (SSSR count). The van der Waals surface area contributed by atoms with Crippen LogP contribution in [0.5, 0.6) is 0 Å². The van der Waals surface area contributed by atoms with Crippen molar-refractivity contribution in [3.05, 3.63) is 59.7 Å². The molecule has 96 valence electrons. The maximum absolute atomic E-state index is 12.2. The lowest BCUT2D eigenvalue weighted by molar-refractivity contribution is 0.0522. The summed E-state index contributed by atoms with van der Waals surface area (Å²) < 4.78 is 4.90. The quantitative estimate of drug-likeness (QED) is 0.617. The van der Waals surface area contributed by atoms with E-state index in [4.69, 9.17) is 4.74 Å². The fourth-order valence-corrected chi connectivity index (χ4v) is 1.58. The Morgan fingerprint density at radius 2 is 1.89 bits per heavy atom. The molecule has 5 heteroatoms. The Morgan fingerprint density at radius 3 is 2.58 bits per heavy atom. The molecule has 0 saturated carbocycles. The average molecular weight is 256 g/mol. The Kier molecular flexibility index (Phi) is 3.97. The Morgan fingerprint density at radius 1 is 1.11 bits per heavy atom. The highest BCUT2D eigenvalue weighted by Crippen LogP contribution is 2.12. The van der Waals surface area contributed by atoms with Gasteiger partial charge in [0, 0.05) is 12.4 Å². The summed E-state index contributed by atoms with van der Waals surface area (Å²) in [5, 5.41) is 0. The zero-order valence-electron chi connectivity index (χ0n) is 10.4. The molecule has 0 spiro atoms. The van der Waals surface area contributed by atoms with Gasteiger partial charge in [0.1, 0.15) is 11.4 Å². The molecule has 0 radical (unpaired) electrons. The molecule has 0 aliphatic rings. The fourth-order valence-electron chi connectivity index (χ4n) is 1.58. The molecular formula is C14H12N2O3. The number of carbonyl (C=O) groups excluding carboxylic acids is 2. The van der Waals surface area contributed by atoms with Crippen molar-refractivity contribution in [1.82, 2.24) is 9.97 Å². The van der Waals surface area contributed by atoms with E-state index in [-0.39, 0.29) is 23.6 Å². The van der Waals surface area contributed by atoms with Gasteiger partial charge in [-0.05, 0) is 31.2 Å². The highest BCUT2D eigenvalue weighted by molar-refractivity contribution is 6.12. The van der Waals surface area contributed by atoms with Crippen molar-refractivity contribution in [2.75, 3.05) is 6.61 Å². The molecule has 0 aliphatic carbocycles. The van der Waals surface area contributed by atoms with Gasteiger partial charge in [-0.3, -0.25) is 14.8 Å². The predicted octanol–water partition coefficient (Wildman–Crippen LogP) is 1.88. The first-order valence-corrected chi connectivity index (χ1v) is 5.82. The zero-order chi connectivity index (χ0) is 13.7. The number of hydrogen-bond acceptors (Lipinski definition) is 5. The number of aromatic nitrogens is 2. The number of pyridine rings is 2. The minimum absolute atomic E-state index is 0.0552. The molecule has 0 amide bonds. The van der Waals surface area contributed by atoms with Crippen LogP contribution < -0.4 is 0 Å². The molecule has 0 saturated heterocycles. The third-order valence-corrected chi connectivity index (χ3v) is 2.42. The highest BCUT2D eigenvalue weighted by atomic mass is 16.5. The van der Waals surface area contributed by atoms with Crippen LogP contribution in [-0.4, -0.2) is 28.3 Å². The first-order chi connectivity index (χ1) is 9.24. The van der Waals surface area contributed by atoms with Gasteiger partial charge in [-0.1, -0.05) is 6.07 Å². The molecule has 0 aliphatic heterocycles. The van der Waals surface area contributed by atoms with E-state index in [0.29, 0.717) is 0 Å². The van der Waals surface area contributed by atoms with Gasteiger partial charge in [0.15, 0.2) is 0 Å². The summed E-state index contributed by atoms with van der Waals surface area (Å²) in [7, 11) is 0. The largest absolute Gasteiger partial charge is 0.462 e. The molecule has 2 heterocycles. The SMILES string of the molecule is CCOC(=O)c1cccnc1C(=O)c1ccccn1. The van der Waals surface area contributed by atoms with Crippen LogP contribution in [0.3, 0.4) is 0 Å². The fraction of sp³-hybridized carbons (Fsp3) is 0.143. The molecule has 0 N–H and O–H groups in total. The second-order valence-corrected chi connectivity index (χ2v) is 3.66. The van der Waals surface area contributed by atoms with E-state index < -0.39 is 11.8 Å². The molecular weight excluding hydrogens is 244 g/mol. The van der Waals surface area contributed by atoms with Crippen molar-refractivity contribution in [3.8, 4) is 0 Å². The average Bonchev–Trinajstić information content (AvgIpc) is 2.47. The lowest BCUT2D eigenvalue weighted by Crippen LogP contribution is -2.15. The molecule has 2 aromatic heterocycles. The number of rotatable bonds is 4. The van der Waals surface area contributed by atoms with E-state index >= 15 is 0 Å². The summed E-state index contributed by atoms with van der Waals surface area (Å²) in [6.07, 6.45) is 2.97. The normalized spacial score (nSPS) is 9.95. The minimum Gasteiger partial charge on any atom is -0.462 e. The van der Waals surface area contributed by atoms with E-state index in [1.807, 2.05) is 0 Å². The van der Waals surface area contributed by atoms with Crippen LogP contribution in [0.4, 0.5) is 0 Å². The van der Waals surface area contributed by atoms with Crippen LogP contribution in [0.25, 0.3) is 0 Å². The van der Waals surface area contributed by atoms with Gasteiger partial charge in [-0.15, -0.1) is 0 Å². The number of nitrogens with zero attached hydrogens (tertiary/aromatic N) is 2. The highest BCUT2D eigenvalue weighted by Gasteiger charge is 2.20. The van der Waals surface area contributed by atoms with Gasteiger partial charge in [0.25, 0.3) is 0 Å². The second kappa shape index (κ2) is 5.86. The molecule has 0 unspecified atom stereocenters. The predicted molar refractivity (Wildman–Crippen MR) is 67.9 cm³/mol. The van der Waals surface area contributed by atoms with Crippen molar-refractivity contribution in [2.45, 2.75) is 6.92 Å². The van der Waals surface area contributed by atoms with Crippen molar-refractivity contribution in [2.24, 2.45) is 0 Å². The summed E-state index contributed by atoms with van der Waals surface area (Å²) in [4.78, 5) is 31.9. The summed E-state index contributed by atoms with van der Waals surface area (Å²) in [5.74, 6) is -0.959. The lowest BCUT2D eigenvalue weighted by Gasteiger charge is -2.06. The number of esters is 1. The van der Waals surface area contributed by atoms with Crippen LogP contribution in [-0.2, 0) is 4.74 Å². The summed E-state index contributed by atoms with van der Waals surface area (Å²) in [6, 6.07) is 8.09. The molecule has 0 atom stereocenters. The van der Waals surface area contributed by atoms with E-state index in [2.05, 4.69) is 9.97 Å². The summed E-state index contributed by atoms with van der Waals surface area (Å²) in [5.41, 5.74) is 0.450. The van der Waals surface area contributed by atoms with Crippen LogP contribution in [0, 0.1) is 0 Å². The van der Waals surface area contributed by atoms with Gasteiger partial charge in [-0.2, -0.15) is 0 Å². The molecule has 19 heavy (non-hydrogen) atoms. The maximum atomic E-state index is 12.2. The molecule has 0 aromatic carbocycles. The van der Waals surface area contributed by atoms with Gasteiger partial charge < -0.3 is 4.74 Å². The summed E-state index contributed by atoms with van der Waals surface area (Å²) >= 11 is 0. The van der Waals surface area contributed by atoms with Crippen LogP contribution in [0.15, 0.2) is 42.7 Å². The molecule has 2 aromatic rings. The Bertz CT molecular complexity index is 597. The first kappa shape index (κ1) is 12.9. The van der Waals surface area contributed by atoms with E-state index in [0.717, 1.165) is 0 Å². The first-order valence-electron chi connectivity index (χ1n) is 5.82. The topological polar surface area (TPSA) is 69.2 Å². The van der Waals surface area contributed by atoms with Crippen molar-refractivity contribution in [1.29, 1.82) is 0 Å². The number of ketones is 1. The maximum Gasteiger partial charge on any atom is 0.340 e. The van der Waals surface area contributed by atoms with Gasteiger partial charge in [0.05, 0.1) is 12.2 Å². The van der Waals surface area contributed by atoms with Crippen molar-refractivity contribution >= 4 is 11.8 Å². The zero-order valence-corrected chi connectivity index (χ0v) is 10.4. The minimum atomic E-state index is -0.560. The van der Waals surface area contributed by atoms with Crippen LogP contribution in [0.1, 0.15) is 33.5 Å². The van der Waals surface area contributed by atoms with Gasteiger partial charge in [-0.25, -0.2) is 4.79 Å². The van der Waals surface area contributed by atoms with Gasteiger partial charge >= 0.3 is 5.97 Å². The Balaban J connectivity index is 2.40. The molecule has 0 bridgehead atoms. The third kappa shape index (κ3) is 2.82. The van der Waals surface area contributed by atoms with Crippen molar-refractivity contribution in [3.63, 3.8) is 0 Å². The van der Waals surface area contributed by atoms with Crippen LogP contribution >= 0.6 is 0 Å². The standard InChI is InChI=1S/C14H12N2O3/c1-2-19-14(18)10-6-5-9-16-12(10)13(17)11-7-3-4-8-15-11/h3-9H,2H2,1H3. The second-order valence-electron chi connectivity index (χ2n) is 3.66. The third-order valence-electron chi connectivity index (χ3n) is 2.42. The van der Waals surface area contributed by atoms with E-state index in [9.17, 15) is 9.59 Å². The van der Waals surface area contributed by atoms with Gasteiger partial charge in [0.2, 0.25) is 5.78 Å². The Hall–Kier alpha value is -2.56. The molecule has 0 fully saturated rings.